The molecular weight excluding hydrogens is 172 g/mol. The molecule has 1 N–H and O–H groups in total. The average molecular weight is 188 g/mol. The fraction of sp³-hybridized carbons (Fsp3) is 0.231. The molecule has 1 nitrogen and oxygen atoms in total. The highest BCUT2D eigenvalue weighted by atomic mass is 16.3. The molecule has 2 rings (SSSR count). The Labute approximate surface area is 85.0 Å². The smallest absolute Gasteiger partial charge is 0.123 e. The van der Waals surface area contributed by atoms with Crippen LogP contribution in [0.4, 0.5) is 0 Å². The molecule has 0 unspecified atom stereocenters. The van der Waals surface area contributed by atoms with Crippen molar-refractivity contribution in [3.8, 4) is 5.75 Å². The van der Waals surface area contributed by atoms with Crippen molar-refractivity contribution in [3.05, 3.63) is 42.0 Å². The number of benzene rings is 2. The molecule has 0 bridgehead atoms. The van der Waals surface area contributed by atoms with Crippen LogP contribution in [0.2, 0.25) is 0 Å². The number of phenolic OH excluding ortho intramolecular Hbond substituents is 1. The molecule has 0 saturated carbocycles. The zero-order valence-electron chi connectivity index (χ0n) is 8.91. The molecule has 0 aliphatic carbocycles. The van der Waals surface area contributed by atoms with Crippen LogP contribution < -0.4 is 0 Å². The Morgan fingerprint density at radius 3 is 2.36 bits per heavy atom. The third-order valence-electron chi connectivity index (χ3n) is 1.98. The molecule has 0 saturated heterocycles. The molecule has 0 fully saturated rings. The Morgan fingerprint density at radius 1 is 1.00 bits per heavy atom. The molecule has 0 aliphatic rings. The highest BCUT2D eigenvalue weighted by molar-refractivity contribution is 5.88. The number of aromatic hydroxyl groups is 1. The van der Waals surface area contributed by atoms with E-state index in [1.165, 1.54) is 0 Å². The van der Waals surface area contributed by atoms with E-state index in [0.29, 0.717) is 5.75 Å². The summed E-state index contributed by atoms with van der Waals surface area (Å²) in [4.78, 5) is 0. The molecule has 2 aromatic rings. The van der Waals surface area contributed by atoms with E-state index in [1.54, 1.807) is 6.07 Å². The standard InChI is InChI=1S/C11H10O.C2H6/c1-8-6-9-4-2-3-5-10(9)11(12)7-8;1-2/h2-7,12H,1H3;1-2H3. The van der Waals surface area contributed by atoms with Gasteiger partial charge in [0.05, 0.1) is 0 Å². The van der Waals surface area contributed by atoms with Crippen molar-refractivity contribution in [2.24, 2.45) is 0 Å². The topological polar surface area (TPSA) is 20.2 Å². The van der Waals surface area contributed by atoms with Gasteiger partial charge in [0.15, 0.2) is 0 Å². The van der Waals surface area contributed by atoms with Crippen LogP contribution in [0, 0.1) is 6.92 Å². The van der Waals surface area contributed by atoms with Crippen molar-refractivity contribution in [2.45, 2.75) is 20.8 Å². The maximum atomic E-state index is 9.55. The van der Waals surface area contributed by atoms with Crippen LogP contribution in [0.25, 0.3) is 10.8 Å². The summed E-state index contributed by atoms with van der Waals surface area (Å²) in [6, 6.07) is 11.7. The van der Waals surface area contributed by atoms with E-state index in [4.69, 9.17) is 0 Å². The number of hydrogen-bond acceptors (Lipinski definition) is 1. The number of aryl methyl sites for hydroxylation is 1. The van der Waals surface area contributed by atoms with Gasteiger partial charge in [0.25, 0.3) is 0 Å². The first-order valence-corrected chi connectivity index (χ1v) is 4.96. The fourth-order valence-electron chi connectivity index (χ4n) is 1.44. The maximum Gasteiger partial charge on any atom is 0.123 e. The third kappa shape index (κ3) is 2.05. The van der Waals surface area contributed by atoms with Gasteiger partial charge in [-0.05, 0) is 23.9 Å². The predicted octanol–water partition coefficient (Wildman–Crippen LogP) is 3.88. The summed E-state index contributed by atoms with van der Waals surface area (Å²) in [7, 11) is 0. The molecule has 0 aliphatic heterocycles. The zero-order valence-corrected chi connectivity index (χ0v) is 8.91. The number of fused-ring (bicyclic) bond motifs is 1. The van der Waals surface area contributed by atoms with E-state index in [9.17, 15) is 5.11 Å². The normalized spacial score (nSPS) is 9.36. The lowest BCUT2D eigenvalue weighted by molar-refractivity contribution is 0.481. The summed E-state index contributed by atoms with van der Waals surface area (Å²) in [6.07, 6.45) is 0. The molecule has 0 aromatic heterocycles. The first kappa shape index (κ1) is 10.6. The number of phenols is 1. The monoisotopic (exact) mass is 188 g/mol. The highest BCUT2D eigenvalue weighted by Gasteiger charge is 1.98. The molecule has 0 heterocycles. The summed E-state index contributed by atoms with van der Waals surface area (Å²) < 4.78 is 0. The molecule has 74 valence electrons. The van der Waals surface area contributed by atoms with E-state index in [-0.39, 0.29) is 0 Å². The largest absolute Gasteiger partial charge is 0.507 e. The minimum absolute atomic E-state index is 0.366. The van der Waals surface area contributed by atoms with Crippen molar-refractivity contribution in [3.63, 3.8) is 0 Å². The maximum absolute atomic E-state index is 9.55. The predicted molar refractivity (Wildman–Crippen MR) is 61.7 cm³/mol. The Bertz CT molecular complexity index is 419. The van der Waals surface area contributed by atoms with Gasteiger partial charge >= 0.3 is 0 Å². The second kappa shape index (κ2) is 4.66. The first-order valence-electron chi connectivity index (χ1n) is 4.96. The van der Waals surface area contributed by atoms with E-state index in [0.717, 1.165) is 16.3 Å². The molecule has 0 amide bonds. The second-order valence-corrected chi connectivity index (χ2v) is 3.01. The third-order valence-corrected chi connectivity index (χ3v) is 1.98. The van der Waals surface area contributed by atoms with Gasteiger partial charge < -0.3 is 5.11 Å². The Kier molecular flexibility index (Phi) is 3.52. The molecular formula is C13H16O. The van der Waals surface area contributed by atoms with E-state index in [1.807, 2.05) is 45.0 Å². The van der Waals surface area contributed by atoms with Gasteiger partial charge in [-0.3, -0.25) is 0 Å². The van der Waals surface area contributed by atoms with E-state index in [2.05, 4.69) is 6.07 Å². The van der Waals surface area contributed by atoms with Crippen LogP contribution in [0.1, 0.15) is 19.4 Å². The van der Waals surface area contributed by atoms with Gasteiger partial charge in [0.1, 0.15) is 5.75 Å². The molecule has 0 spiro atoms. The van der Waals surface area contributed by atoms with Crippen LogP contribution in [-0.2, 0) is 0 Å². The summed E-state index contributed by atoms with van der Waals surface area (Å²) in [6.45, 7) is 5.98. The van der Waals surface area contributed by atoms with Crippen molar-refractivity contribution in [2.75, 3.05) is 0 Å². The molecule has 1 heteroatoms. The van der Waals surface area contributed by atoms with Crippen LogP contribution in [0.5, 0.6) is 5.75 Å². The highest BCUT2D eigenvalue weighted by Crippen LogP contribution is 2.25. The van der Waals surface area contributed by atoms with Gasteiger partial charge in [0.2, 0.25) is 0 Å². The molecule has 0 atom stereocenters. The molecule has 0 radical (unpaired) electrons. The van der Waals surface area contributed by atoms with Gasteiger partial charge in [0, 0.05) is 5.39 Å². The van der Waals surface area contributed by atoms with Crippen molar-refractivity contribution in [1.82, 2.24) is 0 Å². The first-order chi connectivity index (χ1) is 6.77. The summed E-state index contributed by atoms with van der Waals surface area (Å²) >= 11 is 0. The van der Waals surface area contributed by atoms with Crippen LogP contribution >= 0.6 is 0 Å². The van der Waals surface area contributed by atoms with E-state index >= 15 is 0 Å². The van der Waals surface area contributed by atoms with Gasteiger partial charge in [-0.2, -0.15) is 0 Å². The molecule has 2 aromatic carbocycles. The van der Waals surface area contributed by atoms with Crippen molar-refractivity contribution < 1.29 is 5.11 Å². The lowest BCUT2D eigenvalue weighted by Crippen LogP contribution is -1.76. The Morgan fingerprint density at radius 2 is 1.64 bits per heavy atom. The summed E-state index contributed by atoms with van der Waals surface area (Å²) in [5, 5.41) is 11.6. The van der Waals surface area contributed by atoms with Gasteiger partial charge in [-0.25, -0.2) is 0 Å². The molecule has 14 heavy (non-hydrogen) atoms. The fourth-order valence-corrected chi connectivity index (χ4v) is 1.44. The number of hydrogen-bond donors (Lipinski definition) is 1. The summed E-state index contributed by atoms with van der Waals surface area (Å²) in [5.41, 5.74) is 1.09. The minimum Gasteiger partial charge on any atom is -0.507 e. The van der Waals surface area contributed by atoms with Crippen molar-refractivity contribution >= 4 is 10.8 Å². The summed E-state index contributed by atoms with van der Waals surface area (Å²) in [5.74, 6) is 0.366. The SMILES string of the molecule is CC.Cc1cc(O)c2ccccc2c1. The van der Waals surface area contributed by atoms with E-state index < -0.39 is 0 Å². The second-order valence-electron chi connectivity index (χ2n) is 3.01. The van der Waals surface area contributed by atoms with Gasteiger partial charge in [-0.15, -0.1) is 0 Å². The Balaban J connectivity index is 0.000000461. The number of rotatable bonds is 0. The van der Waals surface area contributed by atoms with Gasteiger partial charge in [-0.1, -0.05) is 44.2 Å². The quantitative estimate of drug-likeness (QED) is 0.665. The minimum atomic E-state index is 0.366. The van der Waals surface area contributed by atoms with Crippen LogP contribution in [-0.4, -0.2) is 5.11 Å². The lowest BCUT2D eigenvalue weighted by atomic mass is 10.1. The van der Waals surface area contributed by atoms with Crippen LogP contribution in [0.3, 0.4) is 0 Å². The Hall–Kier alpha value is -1.50. The average Bonchev–Trinajstić information content (AvgIpc) is 2.20. The van der Waals surface area contributed by atoms with Crippen molar-refractivity contribution in [1.29, 1.82) is 0 Å². The van der Waals surface area contributed by atoms with Crippen LogP contribution in [0.15, 0.2) is 36.4 Å². The zero-order chi connectivity index (χ0) is 10.6. The lowest BCUT2D eigenvalue weighted by Gasteiger charge is -2.01.